The minimum absolute atomic E-state index is 0.00897. The standard InChI is InChI=1S/C17H22ClNO3/c1-11(13-6-7-13)19(2)16(20)8-5-12-9-14(18)17(22-4)15(10-12)21-3/h5,8-11,13H,6-7H2,1-4H3/b8-5+. The number of rotatable bonds is 6. The van der Waals surface area contributed by atoms with E-state index in [4.69, 9.17) is 21.1 Å². The number of benzene rings is 1. The lowest BCUT2D eigenvalue weighted by Gasteiger charge is -2.23. The average molecular weight is 324 g/mol. The molecular weight excluding hydrogens is 302 g/mol. The van der Waals surface area contributed by atoms with Gasteiger partial charge in [-0.05, 0) is 49.5 Å². The van der Waals surface area contributed by atoms with Gasteiger partial charge < -0.3 is 14.4 Å². The average Bonchev–Trinajstić information content (AvgIpc) is 3.35. The largest absolute Gasteiger partial charge is 0.493 e. The van der Waals surface area contributed by atoms with Gasteiger partial charge in [0.25, 0.3) is 0 Å². The van der Waals surface area contributed by atoms with Crippen LogP contribution in [0.3, 0.4) is 0 Å². The third kappa shape index (κ3) is 3.74. The zero-order chi connectivity index (χ0) is 16.3. The number of halogens is 1. The van der Waals surface area contributed by atoms with Gasteiger partial charge in [-0.1, -0.05) is 11.6 Å². The smallest absolute Gasteiger partial charge is 0.246 e. The number of amides is 1. The van der Waals surface area contributed by atoms with Crippen LogP contribution in [0.25, 0.3) is 6.08 Å². The van der Waals surface area contributed by atoms with Crippen LogP contribution >= 0.6 is 11.6 Å². The number of nitrogens with zero attached hydrogens (tertiary/aromatic N) is 1. The summed E-state index contributed by atoms with van der Waals surface area (Å²) < 4.78 is 10.4. The number of carbonyl (C=O) groups excluding carboxylic acids is 1. The van der Waals surface area contributed by atoms with Gasteiger partial charge in [-0.2, -0.15) is 0 Å². The molecule has 1 aliphatic rings. The molecule has 1 unspecified atom stereocenters. The van der Waals surface area contributed by atoms with Crippen molar-refractivity contribution in [3.8, 4) is 11.5 Å². The van der Waals surface area contributed by atoms with Crippen LogP contribution in [-0.2, 0) is 4.79 Å². The SMILES string of the molecule is COc1cc(/C=C/C(=O)N(C)C(C)C2CC2)cc(Cl)c1OC. The lowest BCUT2D eigenvalue weighted by Crippen LogP contribution is -2.35. The molecule has 1 aliphatic carbocycles. The minimum Gasteiger partial charge on any atom is -0.493 e. The monoisotopic (exact) mass is 323 g/mol. The first-order valence-corrected chi connectivity index (χ1v) is 7.72. The molecular formula is C17H22ClNO3. The van der Waals surface area contributed by atoms with E-state index in [1.807, 2.05) is 7.05 Å². The van der Waals surface area contributed by atoms with Gasteiger partial charge in [-0.15, -0.1) is 0 Å². The zero-order valence-corrected chi connectivity index (χ0v) is 14.2. The third-order valence-electron chi connectivity index (χ3n) is 4.14. The van der Waals surface area contributed by atoms with Crippen molar-refractivity contribution in [3.63, 3.8) is 0 Å². The highest BCUT2D eigenvalue weighted by Crippen LogP contribution is 2.36. The molecule has 1 aromatic carbocycles. The van der Waals surface area contributed by atoms with E-state index in [1.165, 1.54) is 20.0 Å². The fourth-order valence-electron chi connectivity index (χ4n) is 2.41. The van der Waals surface area contributed by atoms with Crippen molar-refractivity contribution in [2.45, 2.75) is 25.8 Å². The molecule has 0 aromatic heterocycles. The van der Waals surface area contributed by atoms with Gasteiger partial charge in [-0.3, -0.25) is 4.79 Å². The fourth-order valence-corrected chi connectivity index (χ4v) is 2.71. The fraction of sp³-hybridized carbons (Fsp3) is 0.471. The number of ether oxygens (including phenoxy) is 2. The normalized spacial score (nSPS) is 15.7. The first kappa shape index (κ1) is 16.7. The Hall–Kier alpha value is -1.68. The van der Waals surface area contributed by atoms with E-state index >= 15 is 0 Å². The van der Waals surface area contributed by atoms with Crippen LogP contribution in [0.1, 0.15) is 25.3 Å². The van der Waals surface area contributed by atoms with Crippen molar-refractivity contribution in [3.05, 3.63) is 28.8 Å². The predicted octanol–water partition coefficient (Wildman–Crippen LogP) is 3.63. The highest BCUT2D eigenvalue weighted by Gasteiger charge is 2.31. The summed E-state index contributed by atoms with van der Waals surface area (Å²) >= 11 is 6.16. The van der Waals surface area contributed by atoms with Crippen molar-refractivity contribution in [1.82, 2.24) is 4.90 Å². The van der Waals surface area contributed by atoms with E-state index in [1.54, 1.807) is 36.3 Å². The Balaban J connectivity index is 2.12. The Bertz CT molecular complexity index is 582. The second-order valence-electron chi connectivity index (χ2n) is 5.60. The summed E-state index contributed by atoms with van der Waals surface area (Å²) in [6, 6.07) is 3.82. The number of methoxy groups -OCH3 is 2. The van der Waals surface area contributed by atoms with Crippen LogP contribution in [0.5, 0.6) is 11.5 Å². The summed E-state index contributed by atoms with van der Waals surface area (Å²) in [6.45, 7) is 2.09. The molecule has 0 aliphatic heterocycles. The predicted molar refractivity (Wildman–Crippen MR) is 88.5 cm³/mol. The quantitative estimate of drug-likeness (QED) is 0.750. The molecule has 5 heteroatoms. The van der Waals surface area contributed by atoms with Crippen LogP contribution < -0.4 is 9.47 Å². The zero-order valence-electron chi connectivity index (χ0n) is 13.4. The van der Waals surface area contributed by atoms with Crippen molar-refractivity contribution < 1.29 is 14.3 Å². The first-order chi connectivity index (χ1) is 10.5. The van der Waals surface area contributed by atoms with Crippen LogP contribution in [0, 0.1) is 5.92 Å². The highest BCUT2D eigenvalue weighted by molar-refractivity contribution is 6.32. The lowest BCUT2D eigenvalue weighted by atomic mass is 10.1. The van der Waals surface area contributed by atoms with Crippen LogP contribution in [0.15, 0.2) is 18.2 Å². The number of carbonyl (C=O) groups is 1. The Morgan fingerprint density at radius 1 is 1.36 bits per heavy atom. The number of likely N-dealkylation sites (N-methyl/N-ethyl adjacent to an activating group) is 1. The molecule has 0 radical (unpaired) electrons. The molecule has 2 rings (SSSR count). The minimum atomic E-state index is -0.00897. The molecule has 120 valence electrons. The van der Waals surface area contributed by atoms with E-state index < -0.39 is 0 Å². The maximum Gasteiger partial charge on any atom is 0.246 e. The van der Waals surface area contributed by atoms with E-state index in [9.17, 15) is 4.79 Å². The summed E-state index contributed by atoms with van der Waals surface area (Å²) in [5.74, 6) is 1.68. The molecule has 1 fully saturated rings. The molecule has 1 saturated carbocycles. The van der Waals surface area contributed by atoms with Gasteiger partial charge in [0.15, 0.2) is 11.5 Å². The second-order valence-corrected chi connectivity index (χ2v) is 6.01. The molecule has 0 saturated heterocycles. The molecule has 1 amide bonds. The van der Waals surface area contributed by atoms with Crippen LogP contribution in [0.2, 0.25) is 5.02 Å². The molecule has 4 nitrogen and oxygen atoms in total. The molecule has 0 bridgehead atoms. The Kier molecular flexibility index (Phi) is 5.35. The van der Waals surface area contributed by atoms with Crippen molar-refractivity contribution in [2.24, 2.45) is 5.92 Å². The molecule has 1 atom stereocenters. The molecule has 1 aromatic rings. The van der Waals surface area contributed by atoms with E-state index in [0.29, 0.717) is 22.4 Å². The van der Waals surface area contributed by atoms with Crippen molar-refractivity contribution in [1.29, 1.82) is 0 Å². The first-order valence-electron chi connectivity index (χ1n) is 7.34. The van der Waals surface area contributed by atoms with Gasteiger partial charge >= 0.3 is 0 Å². The van der Waals surface area contributed by atoms with Crippen LogP contribution in [0.4, 0.5) is 0 Å². The van der Waals surface area contributed by atoms with E-state index in [2.05, 4.69) is 6.92 Å². The maximum absolute atomic E-state index is 12.2. The molecule has 22 heavy (non-hydrogen) atoms. The Morgan fingerprint density at radius 2 is 2.05 bits per heavy atom. The lowest BCUT2D eigenvalue weighted by molar-refractivity contribution is -0.126. The third-order valence-corrected chi connectivity index (χ3v) is 4.42. The van der Waals surface area contributed by atoms with Gasteiger partial charge in [0.1, 0.15) is 0 Å². The van der Waals surface area contributed by atoms with Crippen LogP contribution in [-0.4, -0.2) is 38.1 Å². The summed E-state index contributed by atoms with van der Waals surface area (Å²) in [6.07, 6.45) is 5.74. The summed E-state index contributed by atoms with van der Waals surface area (Å²) in [7, 11) is 4.94. The summed E-state index contributed by atoms with van der Waals surface area (Å²) in [5, 5.41) is 0.452. The van der Waals surface area contributed by atoms with Crippen molar-refractivity contribution in [2.75, 3.05) is 21.3 Å². The van der Waals surface area contributed by atoms with Gasteiger partial charge in [0.2, 0.25) is 5.91 Å². The topological polar surface area (TPSA) is 38.8 Å². The van der Waals surface area contributed by atoms with E-state index in [0.717, 1.165) is 5.56 Å². The molecule has 0 heterocycles. The van der Waals surface area contributed by atoms with Crippen molar-refractivity contribution >= 4 is 23.6 Å². The van der Waals surface area contributed by atoms with Gasteiger partial charge in [0.05, 0.1) is 19.2 Å². The maximum atomic E-state index is 12.2. The molecule has 0 spiro atoms. The van der Waals surface area contributed by atoms with Gasteiger partial charge in [-0.25, -0.2) is 0 Å². The Labute approximate surface area is 136 Å². The second kappa shape index (κ2) is 7.05. The summed E-state index contributed by atoms with van der Waals surface area (Å²) in [4.78, 5) is 14.0. The Morgan fingerprint density at radius 3 is 2.59 bits per heavy atom. The van der Waals surface area contributed by atoms with E-state index in [-0.39, 0.29) is 11.9 Å². The molecule has 0 N–H and O–H groups in total. The summed E-state index contributed by atoms with van der Waals surface area (Å²) in [5.41, 5.74) is 0.795. The highest BCUT2D eigenvalue weighted by atomic mass is 35.5. The van der Waals surface area contributed by atoms with Gasteiger partial charge in [0, 0.05) is 19.2 Å². The number of hydrogen-bond donors (Lipinski definition) is 0. The number of hydrogen-bond acceptors (Lipinski definition) is 3.